The van der Waals surface area contributed by atoms with E-state index in [0.717, 1.165) is 22.1 Å². The minimum Gasteiger partial charge on any atom is -0.253 e. The second kappa shape index (κ2) is 5.75. The Kier molecular flexibility index (Phi) is 4.23. The van der Waals surface area contributed by atoms with E-state index in [0.29, 0.717) is 0 Å². The minimum atomic E-state index is 0.0735. The molecule has 0 aliphatic carbocycles. The van der Waals surface area contributed by atoms with Gasteiger partial charge in [-0.15, -0.1) is 11.3 Å². The van der Waals surface area contributed by atoms with Gasteiger partial charge in [-0.25, -0.2) is 4.98 Å². The quantitative estimate of drug-likeness (QED) is 0.640. The molecule has 0 bridgehead atoms. The highest BCUT2D eigenvalue weighted by Crippen LogP contribution is 2.25. The maximum atomic E-state index is 4.56. The van der Waals surface area contributed by atoms with Crippen molar-refractivity contribution in [1.82, 2.24) is 4.98 Å². The van der Waals surface area contributed by atoms with E-state index in [1.165, 1.54) is 5.56 Å². The normalized spacial score (nSPS) is 12.6. The van der Waals surface area contributed by atoms with Gasteiger partial charge in [0.05, 0.1) is 5.69 Å². The Labute approximate surface area is 124 Å². The first kappa shape index (κ1) is 14.7. The zero-order valence-electron chi connectivity index (χ0n) is 12.7. The molecule has 1 N–H and O–H groups in total. The lowest BCUT2D eigenvalue weighted by atomic mass is 9.91. The van der Waals surface area contributed by atoms with E-state index in [2.05, 4.69) is 72.9 Å². The third-order valence-electron chi connectivity index (χ3n) is 3.26. The first-order valence-electron chi connectivity index (χ1n) is 6.69. The number of nitrogens with zero attached hydrogens (tertiary/aromatic N) is 2. The Morgan fingerprint density at radius 2 is 1.85 bits per heavy atom. The Bertz CT molecular complexity index is 603. The minimum absolute atomic E-state index is 0.0735. The molecule has 20 heavy (non-hydrogen) atoms. The average Bonchev–Trinajstić information content (AvgIpc) is 2.84. The number of aromatic nitrogens is 1. The smallest absolute Gasteiger partial charge is 0.203 e. The van der Waals surface area contributed by atoms with Crippen molar-refractivity contribution in [2.24, 2.45) is 10.5 Å². The van der Waals surface area contributed by atoms with Crippen LogP contribution in [0.2, 0.25) is 0 Å². The average molecular weight is 287 g/mol. The highest BCUT2D eigenvalue weighted by Gasteiger charge is 2.14. The Hall–Kier alpha value is -1.68. The van der Waals surface area contributed by atoms with Crippen LogP contribution in [0.3, 0.4) is 0 Å². The summed E-state index contributed by atoms with van der Waals surface area (Å²) in [7, 11) is 0. The number of hydrazone groups is 1. The van der Waals surface area contributed by atoms with Gasteiger partial charge in [-0.1, -0.05) is 50.6 Å². The van der Waals surface area contributed by atoms with Gasteiger partial charge in [0.2, 0.25) is 5.13 Å². The molecule has 0 fully saturated rings. The van der Waals surface area contributed by atoms with E-state index in [1.54, 1.807) is 11.3 Å². The molecule has 1 aromatic heterocycles. The molecule has 1 aromatic carbocycles. The van der Waals surface area contributed by atoms with Crippen LogP contribution in [0, 0.1) is 12.3 Å². The number of benzene rings is 1. The summed E-state index contributed by atoms with van der Waals surface area (Å²) in [5, 5.41) is 7.28. The number of hydrogen-bond acceptors (Lipinski definition) is 4. The number of anilines is 1. The summed E-state index contributed by atoms with van der Waals surface area (Å²) in [5.74, 6) is 0. The second-order valence-corrected chi connectivity index (χ2v) is 6.82. The van der Waals surface area contributed by atoms with Crippen molar-refractivity contribution in [2.75, 3.05) is 5.43 Å². The van der Waals surface area contributed by atoms with Crippen molar-refractivity contribution < 1.29 is 0 Å². The van der Waals surface area contributed by atoms with Gasteiger partial charge in [-0.3, -0.25) is 5.43 Å². The van der Waals surface area contributed by atoms with Gasteiger partial charge < -0.3 is 0 Å². The van der Waals surface area contributed by atoms with Crippen LogP contribution in [0.15, 0.2) is 34.7 Å². The first-order valence-corrected chi connectivity index (χ1v) is 7.57. The molecule has 0 atom stereocenters. The lowest BCUT2D eigenvalue weighted by molar-refractivity contribution is 0.587. The Balaban J connectivity index is 2.12. The molecule has 106 valence electrons. The van der Waals surface area contributed by atoms with Gasteiger partial charge in [-0.2, -0.15) is 5.10 Å². The number of rotatable bonds is 3. The fourth-order valence-corrected chi connectivity index (χ4v) is 2.14. The van der Waals surface area contributed by atoms with Crippen LogP contribution in [0.4, 0.5) is 5.13 Å². The Morgan fingerprint density at radius 1 is 1.20 bits per heavy atom. The van der Waals surface area contributed by atoms with Crippen molar-refractivity contribution in [3.05, 3.63) is 35.2 Å². The fourth-order valence-electron chi connectivity index (χ4n) is 1.48. The van der Waals surface area contributed by atoms with Gasteiger partial charge in [0.15, 0.2) is 0 Å². The van der Waals surface area contributed by atoms with Crippen LogP contribution in [-0.2, 0) is 0 Å². The molecule has 1 heterocycles. The molecule has 0 radical (unpaired) electrons. The zero-order valence-corrected chi connectivity index (χ0v) is 13.5. The largest absolute Gasteiger partial charge is 0.253 e. The summed E-state index contributed by atoms with van der Waals surface area (Å²) in [5.41, 5.74) is 7.56. The molecule has 2 rings (SSSR count). The van der Waals surface area contributed by atoms with Gasteiger partial charge >= 0.3 is 0 Å². The summed E-state index contributed by atoms with van der Waals surface area (Å²) in [6.07, 6.45) is 0. The molecule has 0 unspecified atom stereocenters. The fraction of sp³-hybridized carbons (Fsp3) is 0.375. The molecular formula is C16H21N3S. The van der Waals surface area contributed by atoms with Gasteiger partial charge in [0.1, 0.15) is 0 Å². The van der Waals surface area contributed by atoms with Crippen molar-refractivity contribution >= 4 is 22.2 Å². The molecule has 4 heteroatoms. The molecular weight excluding hydrogens is 266 g/mol. The SMILES string of the molecule is C/C(=N\Nc1nc(-c2ccc(C)cc2)cs1)C(C)(C)C. The number of aryl methyl sites for hydroxylation is 1. The van der Waals surface area contributed by atoms with Gasteiger partial charge in [0, 0.05) is 22.1 Å². The third kappa shape index (κ3) is 3.67. The standard InChI is InChI=1S/C16H21N3S/c1-11-6-8-13(9-7-11)14-10-20-15(17-14)19-18-12(2)16(3,4)5/h6-10H,1-5H3,(H,17,19)/b18-12+. The lowest BCUT2D eigenvalue weighted by Crippen LogP contribution is -2.18. The van der Waals surface area contributed by atoms with Crippen molar-refractivity contribution in [3.8, 4) is 11.3 Å². The monoisotopic (exact) mass is 287 g/mol. The van der Waals surface area contributed by atoms with Crippen LogP contribution in [0.5, 0.6) is 0 Å². The van der Waals surface area contributed by atoms with Crippen molar-refractivity contribution in [2.45, 2.75) is 34.6 Å². The van der Waals surface area contributed by atoms with Crippen LogP contribution >= 0.6 is 11.3 Å². The Morgan fingerprint density at radius 3 is 2.45 bits per heavy atom. The maximum absolute atomic E-state index is 4.56. The van der Waals surface area contributed by atoms with E-state index >= 15 is 0 Å². The molecule has 0 aliphatic heterocycles. The summed E-state index contributed by atoms with van der Waals surface area (Å²) >= 11 is 1.57. The first-order chi connectivity index (χ1) is 9.36. The van der Waals surface area contributed by atoms with Crippen LogP contribution in [0.25, 0.3) is 11.3 Å². The molecule has 0 saturated carbocycles. The third-order valence-corrected chi connectivity index (χ3v) is 4.00. The molecule has 0 aliphatic rings. The highest BCUT2D eigenvalue weighted by molar-refractivity contribution is 7.14. The number of nitrogens with one attached hydrogen (secondary N) is 1. The number of hydrogen-bond donors (Lipinski definition) is 1. The van der Waals surface area contributed by atoms with E-state index < -0.39 is 0 Å². The summed E-state index contributed by atoms with van der Waals surface area (Å²) in [4.78, 5) is 4.56. The van der Waals surface area contributed by atoms with Gasteiger partial charge in [-0.05, 0) is 13.8 Å². The highest BCUT2D eigenvalue weighted by atomic mass is 32.1. The van der Waals surface area contributed by atoms with Crippen LogP contribution in [0.1, 0.15) is 33.3 Å². The zero-order chi connectivity index (χ0) is 14.8. The lowest BCUT2D eigenvalue weighted by Gasteiger charge is -2.17. The maximum Gasteiger partial charge on any atom is 0.203 e. The molecule has 0 saturated heterocycles. The van der Waals surface area contributed by atoms with E-state index in [1.807, 2.05) is 6.92 Å². The molecule has 0 amide bonds. The topological polar surface area (TPSA) is 37.3 Å². The predicted octanol–water partition coefficient (Wildman–Crippen LogP) is 4.95. The summed E-state index contributed by atoms with van der Waals surface area (Å²) in [6, 6.07) is 8.39. The van der Waals surface area contributed by atoms with Crippen LogP contribution in [-0.4, -0.2) is 10.7 Å². The van der Waals surface area contributed by atoms with E-state index in [-0.39, 0.29) is 5.41 Å². The molecule has 2 aromatic rings. The van der Waals surface area contributed by atoms with E-state index in [4.69, 9.17) is 0 Å². The predicted molar refractivity (Wildman–Crippen MR) is 88.5 cm³/mol. The van der Waals surface area contributed by atoms with Gasteiger partial charge in [0.25, 0.3) is 0 Å². The second-order valence-electron chi connectivity index (χ2n) is 5.96. The van der Waals surface area contributed by atoms with Crippen LogP contribution < -0.4 is 5.43 Å². The number of thiazole rings is 1. The molecule has 3 nitrogen and oxygen atoms in total. The van der Waals surface area contributed by atoms with Crippen molar-refractivity contribution in [1.29, 1.82) is 0 Å². The summed E-state index contributed by atoms with van der Waals surface area (Å²) < 4.78 is 0. The van der Waals surface area contributed by atoms with E-state index in [9.17, 15) is 0 Å². The molecule has 0 spiro atoms. The van der Waals surface area contributed by atoms with Crippen molar-refractivity contribution in [3.63, 3.8) is 0 Å². The summed E-state index contributed by atoms with van der Waals surface area (Å²) in [6.45, 7) is 10.6.